The van der Waals surface area contributed by atoms with Gasteiger partial charge in [0.1, 0.15) is 6.33 Å². The van der Waals surface area contributed by atoms with Gasteiger partial charge in [0.15, 0.2) is 5.82 Å². The van der Waals surface area contributed by atoms with Gasteiger partial charge in [0.25, 0.3) is 0 Å². The number of hydrogen-bond donors (Lipinski definition) is 1. The van der Waals surface area contributed by atoms with E-state index in [9.17, 15) is 9.59 Å². The molecule has 1 saturated carbocycles. The standard InChI is InChI=1S/C20H33N5O3/c1-28-11-5-10-24-15-22-23-18(24)12-21-20(27)17-8-9-19(26)25(14-17)13-16-6-3-2-4-7-16/h15-17H,2-14H2,1H3,(H,21,27)/t17-/m1/s1. The molecule has 0 bridgehead atoms. The Morgan fingerprint density at radius 1 is 1.29 bits per heavy atom. The second-order valence-corrected chi connectivity index (χ2v) is 8.04. The van der Waals surface area contributed by atoms with Gasteiger partial charge >= 0.3 is 0 Å². The van der Waals surface area contributed by atoms with Gasteiger partial charge in [-0.25, -0.2) is 0 Å². The molecule has 8 heteroatoms. The highest BCUT2D eigenvalue weighted by Gasteiger charge is 2.31. The second kappa shape index (κ2) is 10.5. The molecule has 156 valence electrons. The lowest BCUT2D eigenvalue weighted by Crippen LogP contribution is -2.47. The van der Waals surface area contributed by atoms with E-state index in [0.29, 0.717) is 38.5 Å². The van der Waals surface area contributed by atoms with Crippen molar-refractivity contribution in [2.75, 3.05) is 26.8 Å². The summed E-state index contributed by atoms with van der Waals surface area (Å²) in [5, 5.41) is 11.0. The first-order valence-corrected chi connectivity index (χ1v) is 10.6. The number of hydrogen-bond acceptors (Lipinski definition) is 5. The highest BCUT2D eigenvalue weighted by Crippen LogP contribution is 2.27. The molecule has 2 aliphatic rings. The number of nitrogens with one attached hydrogen (secondary N) is 1. The van der Waals surface area contributed by atoms with E-state index in [1.165, 1.54) is 32.1 Å². The molecule has 1 aromatic heterocycles. The van der Waals surface area contributed by atoms with Crippen molar-refractivity contribution in [1.29, 1.82) is 0 Å². The lowest BCUT2D eigenvalue weighted by Gasteiger charge is -2.35. The Morgan fingerprint density at radius 3 is 2.89 bits per heavy atom. The third-order valence-corrected chi connectivity index (χ3v) is 5.94. The summed E-state index contributed by atoms with van der Waals surface area (Å²) in [5.74, 6) is 1.42. The lowest BCUT2D eigenvalue weighted by molar-refractivity contribution is -0.139. The quantitative estimate of drug-likeness (QED) is 0.648. The molecule has 0 radical (unpaired) electrons. The first kappa shape index (κ1) is 20.8. The lowest BCUT2D eigenvalue weighted by atomic mass is 9.87. The van der Waals surface area contributed by atoms with Crippen molar-refractivity contribution in [3.8, 4) is 0 Å². The van der Waals surface area contributed by atoms with Crippen LogP contribution >= 0.6 is 0 Å². The maximum absolute atomic E-state index is 12.7. The zero-order chi connectivity index (χ0) is 19.8. The van der Waals surface area contributed by atoms with Crippen LogP contribution < -0.4 is 5.32 Å². The molecule has 0 unspecified atom stereocenters. The fraction of sp³-hybridized carbons (Fsp3) is 0.800. The maximum Gasteiger partial charge on any atom is 0.225 e. The molecule has 3 rings (SSSR count). The molecule has 1 N–H and O–H groups in total. The summed E-state index contributed by atoms with van der Waals surface area (Å²) in [6.07, 6.45) is 9.91. The zero-order valence-electron chi connectivity index (χ0n) is 16.9. The maximum atomic E-state index is 12.7. The number of carbonyl (C=O) groups excluding carboxylic acids is 2. The van der Waals surface area contributed by atoms with E-state index in [1.807, 2.05) is 9.47 Å². The van der Waals surface area contributed by atoms with Crippen LogP contribution in [0.5, 0.6) is 0 Å². The predicted molar refractivity (Wildman–Crippen MR) is 104 cm³/mol. The number of nitrogens with zero attached hydrogens (tertiary/aromatic N) is 4. The number of ether oxygens (including phenoxy) is 1. The van der Waals surface area contributed by atoms with Gasteiger partial charge in [-0.15, -0.1) is 10.2 Å². The highest BCUT2D eigenvalue weighted by molar-refractivity contribution is 5.83. The van der Waals surface area contributed by atoms with Gasteiger partial charge in [-0.3, -0.25) is 9.59 Å². The van der Waals surface area contributed by atoms with Crippen LogP contribution in [-0.2, 0) is 27.4 Å². The summed E-state index contributed by atoms with van der Waals surface area (Å²) in [6.45, 7) is 3.16. The van der Waals surface area contributed by atoms with Gasteiger partial charge < -0.3 is 19.5 Å². The molecule has 2 heterocycles. The highest BCUT2D eigenvalue weighted by atomic mass is 16.5. The zero-order valence-corrected chi connectivity index (χ0v) is 16.9. The third-order valence-electron chi connectivity index (χ3n) is 5.94. The molecule has 1 atom stereocenters. The Kier molecular flexibility index (Phi) is 7.82. The number of likely N-dealkylation sites (tertiary alicyclic amines) is 1. The van der Waals surface area contributed by atoms with Gasteiger partial charge in [0, 0.05) is 39.8 Å². The normalized spacial score (nSPS) is 21.1. The number of amides is 2. The Hall–Kier alpha value is -1.96. The fourth-order valence-corrected chi connectivity index (χ4v) is 4.28. The molecule has 8 nitrogen and oxygen atoms in total. The largest absolute Gasteiger partial charge is 0.385 e. The molecular weight excluding hydrogens is 358 g/mol. The van der Waals surface area contributed by atoms with Gasteiger partial charge in [-0.2, -0.15) is 0 Å². The summed E-state index contributed by atoms with van der Waals surface area (Å²) >= 11 is 0. The molecule has 2 fully saturated rings. The predicted octanol–water partition coefficient (Wildman–Crippen LogP) is 1.75. The average Bonchev–Trinajstić information content (AvgIpc) is 3.16. The molecule has 1 saturated heterocycles. The minimum atomic E-state index is -0.133. The van der Waals surface area contributed by atoms with Crippen molar-refractivity contribution < 1.29 is 14.3 Å². The van der Waals surface area contributed by atoms with Crippen LogP contribution in [0.1, 0.15) is 57.2 Å². The summed E-state index contributed by atoms with van der Waals surface area (Å²) in [7, 11) is 1.68. The van der Waals surface area contributed by atoms with Crippen LogP contribution in [0.2, 0.25) is 0 Å². The van der Waals surface area contributed by atoms with E-state index in [2.05, 4.69) is 15.5 Å². The van der Waals surface area contributed by atoms with E-state index >= 15 is 0 Å². The Bertz CT molecular complexity index is 642. The number of aromatic nitrogens is 3. The van der Waals surface area contributed by atoms with Crippen LogP contribution in [0, 0.1) is 11.8 Å². The van der Waals surface area contributed by atoms with Crippen molar-refractivity contribution in [3.63, 3.8) is 0 Å². The van der Waals surface area contributed by atoms with Crippen LogP contribution in [0.3, 0.4) is 0 Å². The third kappa shape index (κ3) is 5.77. The minimum Gasteiger partial charge on any atom is -0.385 e. The summed E-state index contributed by atoms with van der Waals surface area (Å²) in [6, 6.07) is 0. The average molecular weight is 392 g/mol. The molecule has 28 heavy (non-hydrogen) atoms. The summed E-state index contributed by atoms with van der Waals surface area (Å²) in [5.41, 5.74) is 0. The van der Waals surface area contributed by atoms with Crippen molar-refractivity contribution in [2.45, 2.75) is 64.5 Å². The van der Waals surface area contributed by atoms with E-state index < -0.39 is 0 Å². The van der Waals surface area contributed by atoms with Crippen molar-refractivity contribution in [3.05, 3.63) is 12.2 Å². The van der Waals surface area contributed by atoms with E-state index in [4.69, 9.17) is 4.74 Å². The smallest absolute Gasteiger partial charge is 0.225 e. The number of aryl methyl sites for hydroxylation is 1. The van der Waals surface area contributed by atoms with Crippen molar-refractivity contribution >= 4 is 11.8 Å². The summed E-state index contributed by atoms with van der Waals surface area (Å²) in [4.78, 5) is 26.9. The number of carbonyl (C=O) groups is 2. The van der Waals surface area contributed by atoms with E-state index in [1.54, 1.807) is 13.4 Å². The van der Waals surface area contributed by atoms with E-state index in [-0.39, 0.29) is 17.7 Å². The topological polar surface area (TPSA) is 89.3 Å². The monoisotopic (exact) mass is 391 g/mol. The molecule has 1 aliphatic carbocycles. The molecule has 2 amide bonds. The van der Waals surface area contributed by atoms with Crippen molar-refractivity contribution in [2.24, 2.45) is 11.8 Å². The molecule has 1 aromatic rings. The van der Waals surface area contributed by atoms with E-state index in [0.717, 1.165) is 25.3 Å². The van der Waals surface area contributed by atoms with Gasteiger partial charge in [-0.1, -0.05) is 19.3 Å². The van der Waals surface area contributed by atoms with Crippen LogP contribution in [-0.4, -0.2) is 58.3 Å². The minimum absolute atomic E-state index is 0.00702. The SMILES string of the molecule is COCCCn1cnnc1CNC(=O)[C@@H]1CCC(=O)N(CC2CCCCC2)C1. The molecule has 0 aromatic carbocycles. The summed E-state index contributed by atoms with van der Waals surface area (Å²) < 4.78 is 7.02. The Balaban J connectivity index is 1.47. The number of piperidine rings is 1. The van der Waals surface area contributed by atoms with Gasteiger partial charge in [-0.05, 0) is 31.6 Å². The number of rotatable bonds is 9. The van der Waals surface area contributed by atoms with Gasteiger partial charge in [0.2, 0.25) is 11.8 Å². The van der Waals surface area contributed by atoms with Crippen LogP contribution in [0.15, 0.2) is 6.33 Å². The Labute approximate surface area is 167 Å². The van der Waals surface area contributed by atoms with Crippen LogP contribution in [0.4, 0.5) is 0 Å². The van der Waals surface area contributed by atoms with Gasteiger partial charge in [0.05, 0.1) is 12.5 Å². The Morgan fingerprint density at radius 2 is 2.11 bits per heavy atom. The second-order valence-electron chi connectivity index (χ2n) is 8.04. The van der Waals surface area contributed by atoms with Crippen molar-refractivity contribution in [1.82, 2.24) is 25.0 Å². The first-order chi connectivity index (χ1) is 13.7. The fourth-order valence-electron chi connectivity index (χ4n) is 4.28. The molecular formula is C20H33N5O3. The number of methoxy groups -OCH3 is 1. The first-order valence-electron chi connectivity index (χ1n) is 10.6. The molecule has 1 aliphatic heterocycles. The molecule has 0 spiro atoms. The van der Waals surface area contributed by atoms with Crippen LogP contribution in [0.25, 0.3) is 0 Å².